The Morgan fingerprint density at radius 3 is 2.62 bits per heavy atom. The number of aromatic nitrogens is 1. The molecule has 0 N–H and O–H groups in total. The van der Waals surface area contributed by atoms with E-state index in [2.05, 4.69) is 10.1 Å². The molecule has 3 rings (SSSR count). The fraction of sp³-hybridized carbons (Fsp3) is 0.263. The van der Waals surface area contributed by atoms with Crippen LogP contribution in [0.25, 0.3) is 22.4 Å². The Morgan fingerprint density at radius 1 is 1.23 bits per heavy atom. The summed E-state index contributed by atoms with van der Waals surface area (Å²) in [6, 6.07) is 10.8. The second-order valence-electron chi connectivity index (χ2n) is 6.90. The van der Waals surface area contributed by atoms with Gasteiger partial charge in [0.05, 0.1) is 4.92 Å². The summed E-state index contributed by atoms with van der Waals surface area (Å²) in [6.45, 7) is 7.40. The molecule has 7 nitrogen and oxygen atoms in total. The molecule has 2 aromatic heterocycles. The highest BCUT2D eigenvalue weighted by molar-refractivity contribution is 5.78. The van der Waals surface area contributed by atoms with Crippen LogP contribution in [-0.2, 0) is 4.84 Å². The van der Waals surface area contributed by atoms with Gasteiger partial charge in [-0.2, -0.15) is 0 Å². The first kappa shape index (κ1) is 17.6. The molecule has 0 aliphatic rings. The molecule has 0 amide bonds. The van der Waals surface area contributed by atoms with E-state index in [1.807, 2.05) is 45.0 Å². The van der Waals surface area contributed by atoms with Gasteiger partial charge in [-0.25, -0.2) is 4.98 Å². The first-order chi connectivity index (χ1) is 12.2. The van der Waals surface area contributed by atoms with Gasteiger partial charge in [-0.15, -0.1) is 0 Å². The van der Waals surface area contributed by atoms with E-state index >= 15 is 0 Å². The summed E-state index contributed by atoms with van der Waals surface area (Å²) in [6.07, 6.45) is 1.23. The molecule has 0 fully saturated rings. The molecule has 7 heteroatoms. The average Bonchev–Trinajstić information content (AvgIpc) is 2.58. The summed E-state index contributed by atoms with van der Waals surface area (Å²) in [4.78, 5) is 20.3. The topological polar surface area (TPSA) is 90.8 Å². The second-order valence-corrected chi connectivity index (χ2v) is 6.90. The fourth-order valence-corrected chi connectivity index (χ4v) is 2.38. The molecule has 0 saturated carbocycles. The van der Waals surface area contributed by atoms with Crippen LogP contribution in [0.5, 0.6) is 0 Å². The molecule has 0 unspecified atom stereocenters. The lowest BCUT2D eigenvalue weighted by Crippen LogP contribution is -2.18. The maximum absolute atomic E-state index is 11.0. The number of rotatable bonds is 3. The molecule has 0 atom stereocenters. The molecule has 0 saturated heterocycles. The maximum atomic E-state index is 11.0. The van der Waals surface area contributed by atoms with Crippen molar-refractivity contribution in [2.45, 2.75) is 33.3 Å². The SMILES string of the molecule is Cc1cc(-c2cc(=NOC(C)(C)C)c3ccccc3o2)ncc1[N+](=O)[O-]. The molecule has 134 valence electrons. The van der Waals surface area contributed by atoms with Gasteiger partial charge < -0.3 is 9.25 Å². The van der Waals surface area contributed by atoms with Gasteiger partial charge in [0.25, 0.3) is 5.69 Å². The Morgan fingerprint density at radius 2 is 1.96 bits per heavy atom. The lowest BCUT2D eigenvalue weighted by Gasteiger charge is -2.15. The minimum absolute atomic E-state index is 0.0319. The second kappa shape index (κ2) is 6.59. The Kier molecular flexibility index (Phi) is 4.46. The Hall–Kier alpha value is -3.22. The van der Waals surface area contributed by atoms with Crippen molar-refractivity contribution < 1.29 is 14.2 Å². The fourth-order valence-electron chi connectivity index (χ4n) is 2.38. The van der Waals surface area contributed by atoms with E-state index in [0.29, 0.717) is 28.0 Å². The van der Waals surface area contributed by atoms with Gasteiger partial charge in [0.15, 0.2) is 5.76 Å². The minimum Gasteiger partial charge on any atom is -0.454 e. The van der Waals surface area contributed by atoms with Crippen LogP contribution < -0.4 is 5.36 Å². The molecule has 1 aromatic carbocycles. The maximum Gasteiger partial charge on any atom is 0.290 e. The number of nitrogens with zero attached hydrogens (tertiary/aromatic N) is 3. The van der Waals surface area contributed by atoms with Crippen LogP contribution in [0.15, 0.2) is 52.2 Å². The van der Waals surface area contributed by atoms with Gasteiger partial charge >= 0.3 is 0 Å². The van der Waals surface area contributed by atoms with Crippen LogP contribution in [0.2, 0.25) is 0 Å². The summed E-state index contributed by atoms with van der Waals surface area (Å²) in [5.41, 5.74) is 1.16. The Labute approximate surface area is 150 Å². The van der Waals surface area contributed by atoms with Crippen LogP contribution in [0.4, 0.5) is 5.69 Å². The number of aryl methyl sites for hydroxylation is 1. The number of para-hydroxylation sites is 1. The molecule has 0 aliphatic heterocycles. The molecule has 0 bridgehead atoms. The monoisotopic (exact) mass is 353 g/mol. The number of benzene rings is 1. The molecule has 26 heavy (non-hydrogen) atoms. The number of pyridine rings is 1. The van der Waals surface area contributed by atoms with Gasteiger partial charge in [-0.1, -0.05) is 17.3 Å². The minimum atomic E-state index is -0.457. The van der Waals surface area contributed by atoms with Gasteiger partial charge in [0.1, 0.15) is 28.4 Å². The largest absolute Gasteiger partial charge is 0.454 e. The number of nitro groups is 1. The van der Waals surface area contributed by atoms with Crippen molar-refractivity contribution in [2.75, 3.05) is 0 Å². The predicted molar refractivity (Wildman–Crippen MR) is 97.2 cm³/mol. The first-order valence-corrected chi connectivity index (χ1v) is 8.11. The molecular formula is C19H19N3O4. The van der Waals surface area contributed by atoms with E-state index in [1.165, 1.54) is 6.20 Å². The summed E-state index contributed by atoms with van der Waals surface area (Å²) in [5, 5.41) is 16.7. The summed E-state index contributed by atoms with van der Waals surface area (Å²) >= 11 is 0. The third-order valence-corrected chi connectivity index (χ3v) is 3.60. The lowest BCUT2D eigenvalue weighted by atomic mass is 10.1. The van der Waals surface area contributed by atoms with Crippen molar-refractivity contribution in [1.82, 2.24) is 4.98 Å². The summed E-state index contributed by atoms with van der Waals surface area (Å²) in [5.74, 6) is 0.456. The van der Waals surface area contributed by atoms with E-state index in [1.54, 1.807) is 19.1 Å². The standard InChI is InChI=1S/C19H19N3O4/c1-12-9-15(20-11-16(12)22(23)24)18-10-14(21-26-19(2,3)4)13-7-5-6-8-17(13)25-18/h5-11H,1-4H3. The predicted octanol–water partition coefficient (Wildman–Crippen LogP) is 4.34. The smallest absolute Gasteiger partial charge is 0.290 e. The van der Waals surface area contributed by atoms with Gasteiger partial charge in [0.2, 0.25) is 0 Å². The number of hydrogen-bond donors (Lipinski definition) is 0. The highest BCUT2D eigenvalue weighted by Gasteiger charge is 2.15. The average molecular weight is 353 g/mol. The summed E-state index contributed by atoms with van der Waals surface area (Å²) in [7, 11) is 0. The number of fused-ring (bicyclic) bond motifs is 1. The molecular weight excluding hydrogens is 334 g/mol. The van der Waals surface area contributed by atoms with Crippen LogP contribution in [0, 0.1) is 17.0 Å². The van der Waals surface area contributed by atoms with Crippen molar-refractivity contribution in [3.63, 3.8) is 0 Å². The zero-order valence-electron chi connectivity index (χ0n) is 15.0. The highest BCUT2D eigenvalue weighted by Crippen LogP contribution is 2.25. The van der Waals surface area contributed by atoms with Gasteiger partial charge in [-0.3, -0.25) is 10.1 Å². The lowest BCUT2D eigenvalue weighted by molar-refractivity contribution is -0.385. The van der Waals surface area contributed by atoms with Gasteiger partial charge in [0, 0.05) is 17.0 Å². The van der Waals surface area contributed by atoms with Crippen LogP contribution >= 0.6 is 0 Å². The highest BCUT2D eigenvalue weighted by atomic mass is 16.6. The summed E-state index contributed by atoms with van der Waals surface area (Å²) < 4.78 is 5.93. The third kappa shape index (κ3) is 3.72. The van der Waals surface area contributed by atoms with Crippen molar-refractivity contribution in [1.29, 1.82) is 0 Å². The Balaban J connectivity index is 2.19. The third-order valence-electron chi connectivity index (χ3n) is 3.60. The molecule has 0 aliphatic carbocycles. The molecule has 2 heterocycles. The molecule has 3 aromatic rings. The molecule has 0 radical (unpaired) electrons. The van der Waals surface area contributed by atoms with Crippen LogP contribution in [-0.4, -0.2) is 15.5 Å². The van der Waals surface area contributed by atoms with Crippen molar-refractivity contribution in [3.8, 4) is 11.5 Å². The zero-order valence-corrected chi connectivity index (χ0v) is 15.0. The van der Waals surface area contributed by atoms with Crippen molar-refractivity contribution >= 4 is 16.7 Å². The van der Waals surface area contributed by atoms with E-state index in [9.17, 15) is 10.1 Å². The van der Waals surface area contributed by atoms with E-state index in [4.69, 9.17) is 9.25 Å². The van der Waals surface area contributed by atoms with E-state index < -0.39 is 10.5 Å². The van der Waals surface area contributed by atoms with Gasteiger partial charge in [-0.05, 0) is 45.9 Å². The van der Waals surface area contributed by atoms with Crippen LogP contribution in [0.1, 0.15) is 26.3 Å². The zero-order chi connectivity index (χ0) is 18.9. The normalized spacial score (nSPS) is 12.4. The van der Waals surface area contributed by atoms with Crippen molar-refractivity contribution in [2.24, 2.45) is 5.16 Å². The quantitative estimate of drug-likeness (QED) is 0.516. The van der Waals surface area contributed by atoms with E-state index in [-0.39, 0.29) is 5.69 Å². The first-order valence-electron chi connectivity index (χ1n) is 8.11. The Bertz CT molecular complexity index is 1050. The van der Waals surface area contributed by atoms with E-state index in [0.717, 1.165) is 5.39 Å². The number of hydrogen-bond acceptors (Lipinski definition) is 6. The molecule has 0 spiro atoms. The van der Waals surface area contributed by atoms with Crippen LogP contribution in [0.3, 0.4) is 0 Å². The van der Waals surface area contributed by atoms with Crippen molar-refractivity contribution in [3.05, 3.63) is 63.6 Å².